The van der Waals surface area contributed by atoms with Gasteiger partial charge in [-0.05, 0) is 65.2 Å². The highest BCUT2D eigenvalue weighted by atomic mass is 16.6. The Bertz CT molecular complexity index is 985. The van der Waals surface area contributed by atoms with E-state index < -0.39 is 17.6 Å². The van der Waals surface area contributed by atoms with E-state index in [0.717, 1.165) is 11.3 Å². The monoisotopic (exact) mass is 456 g/mol. The lowest BCUT2D eigenvalue weighted by atomic mass is 10.1. The van der Waals surface area contributed by atoms with Crippen molar-refractivity contribution >= 4 is 29.3 Å². The zero-order chi connectivity index (χ0) is 24.8. The van der Waals surface area contributed by atoms with Crippen LogP contribution >= 0.6 is 0 Å². The molecule has 0 unspecified atom stereocenters. The van der Waals surface area contributed by atoms with Gasteiger partial charge in [0.25, 0.3) is 5.91 Å². The van der Waals surface area contributed by atoms with Crippen LogP contribution in [0.4, 0.5) is 22.1 Å². The van der Waals surface area contributed by atoms with E-state index in [0.29, 0.717) is 36.7 Å². The van der Waals surface area contributed by atoms with Gasteiger partial charge in [-0.3, -0.25) is 4.79 Å². The number of hydrogen-bond acceptors (Lipinski definition) is 7. The summed E-state index contributed by atoms with van der Waals surface area (Å²) in [6.07, 6.45) is 0.787. The predicted octanol–water partition coefficient (Wildman–Crippen LogP) is 3.79. The van der Waals surface area contributed by atoms with Gasteiger partial charge in [0.2, 0.25) is 0 Å². The quantitative estimate of drug-likeness (QED) is 0.524. The number of rotatable bonds is 9. The number of aromatic nitrogens is 2. The molecule has 180 valence electrons. The molecule has 0 aliphatic heterocycles. The van der Waals surface area contributed by atoms with Crippen LogP contribution in [0, 0.1) is 0 Å². The van der Waals surface area contributed by atoms with Gasteiger partial charge < -0.3 is 26.0 Å². The SMILES string of the molecule is CCc1nc(C(N)=O)c(Nc2cccc(CCNC(=O)OC(C)(C)C)c2)nc1N(C)C(C)C. The Hall–Kier alpha value is -3.36. The van der Waals surface area contributed by atoms with Gasteiger partial charge in [-0.1, -0.05) is 19.1 Å². The van der Waals surface area contributed by atoms with Crippen molar-refractivity contribution in [2.75, 3.05) is 23.8 Å². The first-order valence-corrected chi connectivity index (χ1v) is 11.2. The van der Waals surface area contributed by atoms with Gasteiger partial charge in [0.05, 0.1) is 5.69 Å². The molecule has 4 N–H and O–H groups in total. The van der Waals surface area contributed by atoms with Gasteiger partial charge in [-0.25, -0.2) is 14.8 Å². The molecule has 0 radical (unpaired) electrons. The first kappa shape index (κ1) is 25.9. The summed E-state index contributed by atoms with van der Waals surface area (Å²) in [6, 6.07) is 7.86. The average molecular weight is 457 g/mol. The summed E-state index contributed by atoms with van der Waals surface area (Å²) in [5.41, 5.74) is 7.61. The fraction of sp³-hybridized carbons (Fsp3) is 0.500. The molecule has 33 heavy (non-hydrogen) atoms. The molecule has 0 spiro atoms. The molecule has 0 saturated carbocycles. The summed E-state index contributed by atoms with van der Waals surface area (Å²) in [7, 11) is 1.94. The smallest absolute Gasteiger partial charge is 0.407 e. The molecule has 0 atom stereocenters. The number of primary amides is 1. The van der Waals surface area contributed by atoms with Crippen LogP contribution in [-0.4, -0.2) is 47.2 Å². The van der Waals surface area contributed by atoms with Crippen molar-refractivity contribution in [3.05, 3.63) is 41.2 Å². The largest absolute Gasteiger partial charge is 0.444 e. The van der Waals surface area contributed by atoms with Crippen LogP contribution in [0.5, 0.6) is 0 Å². The zero-order valence-electron chi connectivity index (χ0n) is 20.7. The molecule has 0 aliphatic carbocycles. The maximum absolute atomic E-state index is 12.1. The van der Waals surface area contributed by atoms with Crippen LogP contribution < -0.4 is 21.3 Å². The molecular weight excluding hydrogens is 420 g/mol. The van der Waals surface area contributed by atoms with E-state index in [9.17, 15) is 9.59 Å². The van der Waals surface area contributed by atoms with Gasteiger partial charge >= 0.3 is 6.09 Å². The van der Waals surface area contributed by atoms with Crippen LogP contribution in [0.15, 0.2) is 24.3 Å². The van der Waals surface area contributed by atoms with Crippen molar-refractivity contribution in [2.45, 2.75) is 66.0 Å². The summed E-state index contributed by atoms with van der Waals surface area (Å²) in [5, 5.41) is 5.95. The Morgan fingerprint density at radius 1 is 1.21 bits per heavy atom. The normalized spacial score (nSPS) is 11.3. The highest BCUT2D eigenvalue weighted by molar-refractivity contribution is 5.96. The van der Waals surface area contributed by atoms with Crippen molar-refractivity contribution in [3.8, 4) is 0 Å². The van der Waals surface area contributed by atoms with Gasteiger partial charge in [0.15, 0.2) is 17.3 Å². The highest BCUT2D eigenvalue weighted by Crippen LogP contribution is 2.25. The number of benzene rings is 1. The van der Waals surface area contributed by atoms with Crippen molar-refractivity contribution in [1.82, 2.24) is 15.3 Å². The lowest BCUT2D eigenvalue weighted by Gasteiger charge is -2.25. The Labute approximate surface area is 196 Å². The van der Waals surface area contributed by atoms with Gasteiger partial charge in [-0.15, -0.1) is 0 Å². The molecule has 0 bridgehead atoms. The molecule has 9 nitrogen and oxygen atoms in total. The third kappa shape index (κ3) is 7.62. The second-order valence-corrected chi connectivity index (χ2v) is 9.12. The molecular formula is C24H36N6O3. The summed E-state index contributed by atoms with van der Waals surface area (Å²) in [4.78, 5) is 35.1. The van der Waals surface area contributed by atoms with E-state index in [4.69, 9.17) is 15.5 Å². The van der Waals surface area contributed by atoms with Gasteiger partial charge in [-0.2, -0.15) is 0 Å². The Morgan fingerprint density at radius 3 is 2.48 bits per heavy atom. The van der Waals surface area contributed by atoms with E-state index in [1.165, 1.54) is 0 Å². The zero-order valence-corrected chi connectivity index (χ0v) is 20.7. The van der Waals surface area contributed by atoms with Crippen LogP contribution in [0.2, 0.25) is 0 Å². The molecule has 0 fully saturated rings. The minimum Gasteiger partial charge on any atom is -0.444 e. The van der Waals surface area contributed by atoms with Crippen LogP contribution in [0.3, 0.4) is 0 Å². The average Bonchev–Trinajstić information content (AvgIpc) is 2.71. The van der Waals surface area contributed by atoms with Crippen LogP contribution in [0.1, 0.15) is 63.3 Å². The van der Waals surface area contributed by atoms with E-state index in [2.05, 4.69) is 29.5 Å². The van der Waals surface area contributed by atoms with E-state index in [-0.39, 0.29) is 11.7 Å². The van der Waals surface area contributed by atoms with E-state index in [1.54, 1.807) is 0 Å². The molecule has 9 heteroatoms. The fourth-order valence-corrected chi connectivity index (χ4v) is 3.05. The number of nitrogens with zero attached hydrogens (tertiary/aromatic N) is 3. The minimum absolute atomic E-state index is 0.102. The number of anilines is 3. The van der Waals surface area contributed by atoms with Gasteiger partial charge in [0.1, 0.15) is 5.60 Å². The maximum atomic E-state index is 12.1. The molecule has 0 aliphatic rings. The maximum Gasteiger partial charge on any atom is 0.407 e. The van der Waals surface area contributed by atoms with Crippen molar-refractivity contribution in [3.63, 3.8) is 0 Å². The van der Waals surface area contributed by atoms with E-state index >= 15 is 0 Å². The molecule has 1 aromatic carbocycles. The number of aryl methyl sites for hydroxylation is 1. The number of alkyl carbamates (subject to hydrolysis) is 1. The molecule has 2 aromatic rings. The number of nitrogens with two attached hydrogens (primary N) is 1. The van der Waals surface area contributed by atoms with Crippen molar-refractivity contribution in [2.24, 2.45) is 5.73 Å². The standard InChI is InChI=1S/C24H36N6O3/c1-8-18-22(30(7)15(2)3)29-21(19(28-18)20(25)31)27-17-11-9-10-16(14-17)12-13-26-23(32)33-24(4,5)6/h9-11,14-15H,8,12-13H2,1-7H3,(H2,25,31)(H,26,32)(H,27,29). The minimum atomic E-state index is -0.642. The van der Waals surface area contributed by atoms with Crippen LogP contribution in [0.25, 0.3) is 0 Å². The van der Waals surface area contributed by atoms with E-state index in [1.807, 2.05) is 63.9 Å². The Balaban J connectivity index is 2.22. The second kappa shape index (κ2) is 11.0. The second-order valence-electron chi connectivity index (χ2n) is 9.12. The van der Waals surface area contributed by atoms with Crippen molar-refractivity contribution in [1.29, 1.82) is 0 Å². The first-order valence-electron chi connectivity index (χ1n) is 11.2. The number of carbonyl (C=O) groups is 2. The lowest BCUT2D eigenvalue weighted by molar-refractivity contribution is 0.0528. The molecule has 0 saturated heterocycles. The molecule has 2 rings (SSSR count). The third-order valence-electron chi connectivity index (χ3n) is 4.90. The lowest BCUT2D eigenvalue weighted by Crippen LogP contribution is -2.33. The summed E-state index contributed by atoms with van der Waals surface area (Å²) >= 11 is 0. The molecule has 1 heterocycles. The topological polar surface area (TPSA) is 122 Å². The Kier molecular flexibility index (Phi) is 8.62. The fourth-order valence-electron chi connectivity index (χ4n) is 3.05. The molecule has 1 aromatic heterocycles. The number of hydrogen-bond donors (Lipinski definition) is 3. The number of ether oxygens (including phenoxy) is 1. The van der Waals surface area contributed by atoms with Crippen LogP contribution in [-0.2, 0) is 17.6 Å². The predicted molar refractivity (Wildman–Crippen MR) is 131 cm³/mol. The first-order chi connectivity index (χ1) is 15.4. The summed E-state index contributed by atoms with van der Waals surface area (Å²) < 4.78 is 5.25. The highest BCUT2D eigenvalue weighted by Gasteiger charge is 2.20. The number of carbonyl (C=O) groups excluding carboxylic acids is 2. The molecule has 2 amide bonds. The summed E-state index contributed by atoms with van der Waals surface area (Å²) in [6.45, 7) is 12.0. The Morgan fingerprint density at radius 2 is 1.91 bits per heavy atom. The third-order valence-corrected chi connectivity index (χ3v) is 4.90. The van der Waals surface area contributed by atoms with Crippen molar-refractivity contribution < 1.29 is 14.3 Å². The van der Waals surface area contributed by atoms with Gasteiger partial charge in [0, 0.05) is 25.3 Å². The summed E-state index contributed by atoms with van der Waals surface area (Å²) in [5.74, 6) is 0.375. The number of amides is 2. The number of nitrogens with one attached hydrogen (secondary N) is 2.